The molecule has 0 saturated carbocycles. The molecule has 33 heavy (non-hydrogen) atoms. The fourth-order valence-corrected chi connectivity index (χ4v) is 6.02. The average molecular weight is 456 g/mol. The molecule has 0 bridgehead atoms. The molecule has 6 heteroatoms. The van der Waals surface area contributed by atoms with Crippen molar-refractivity contribution in [2.45, 2.75) is 33.1 Å². The molecule has 0 fully saturated rings. The number of pyridine rings is 1. The number of fused-ring (bicyclic) bond motifs is 2. The van der Waals surface area contributed by atoms with Gasteiger partial charge < -0.3 is 11.1 Å². The molecule has 5 rings (SSSR count). The van der Waals surface area contributed by atoms with E-state index in [0.29, 0.717) is 22.0 Å². The highest BCUT2D eigenvalue weighted by Crippen LogP contribution is 2.40. The summed E-state index contributed by atoms with van der Waals surface area (Å²) < 4.78 is 0. The van der Waals surface area contributed by atoms with Crippen LogP contribution in [-0.4, -0.2) is 16.8 Å². The Bertz CT molecular complexity index is 1390. The highest BCUT2D eigenvalue weighted by Gasteiger charge is 2.28. The smallest absolute Gasteiger partial charge is 0.257 e. The molecule has 0 spiro atoms. The first-order chi connectivity index (χ1) is 15.9. The van der Waals surface area contributed by atoms with E-state index < -0.39 is 5.91 Å². The average Bonchev–Trinajstić information content (AvgIpc) is 3.16. The number of primary amides is 1. The summed E-state index contributed by atoms with van der Waals surface area (Å²) in [4.78, 5) is 31.9. The molecule has 166 valence electrons. The molecule has 3 N–H and O–H groups in total. The second-order valence-electron chi connectivity index (χ2n) is 8.77. The van der Waals surface area contributed by atoms with E-state index in [0.717, 1.165) is 57.4 Å². The number of para-hydroxylation sites is 1. The molecular formula is C27H25N3O2S. The van der Waals surface area contributed by atoms with E-state index in [1.54, 1.807) is 0 Å². The Balaban J connectivity index is 1.61. The molecule has 0 aliphatic heterocycles. The normalized spacial score (nSPS) is 15.3. The van der Waals surface area contributed by atoms with Gasteiger partial charge in [-0.25, -0.2) is 4.98 Å². The Labute approximate surface area is 196 Å². The molecule has 2 amide bonds. The number of benzene rings is 2. The fourth-order valence-electron chi connectivity index (χ4n) is 4.61. The number of nitrogens with zero attached hydrogens (tertiary/aromatic N) is 1. The summed E-state index contributed by atoms with van der Waals surface area (Å²) in [7, 11) is 0. The number of anilines is 1. The van der Waals surface area contributed by atoms with Crippen molar-refractivity contribution in [2.24, 2.45) is 11.7 Å². The molecule has 1 aliphatic carbocycles. The minimum atomic E-state index is -0.488. The molecule has 0 unspecified atom stereocenters. The number of carbonyl (C=O) groups is 2. The van der Waals surface area contributed by atoms with Gasteiger partial charge >= 0.3 is 0 Å². The van der Waals surface area contributed by atoms with Crippen molar-refractivity contribution >= 4 is 39.1 Å². The van der Waals surface area contributed by atoms with Crippen LogP contribution in [0.25, 0.3) is 22.2 Å². The van der Waals surface area contributed by atoms with Crippen LogP contribution in [0, 0.1) is 12.8 Å². The minimum absolute atomic E-state index is 0.265. The van der Waals surface area contributed by atoms with Crippen molar-refractivity contribution in [2.75, 3.05) is 5.32 Å². The molecule has 4 aromatic rings. The van der Waals surface area contributed by atoms with E-state index in [4.69, 9.17) is 10.7 Å². The minimum Gasteiger partial charge on any atom is -0.365 e. The second kappa shape index (κ2) is 8.45. The number of nitrogens with one attached hydrogen (secondary N) is 1. The number of aromatic nitrogens is 1. The zero-order valence-electron chi connectivity index (χ0n) is 18.6. The van der Waals surface area contributed by atoms with Crippen LogP contribution in [0.1, 0.15) is 50.1 Å². The number of amides is 2. The summed E-state index contributed by atoms with van der Waals surface area (Å²) in [6.07, 6.45) is 2.74. The zero-order chi connectivity index (χ0) is 23.1. The van der Waals surface area contributed by atoms with Crippen molar-refractivity contribution in [3.63, 3.8) is 0 Å². The predicted octanol–water partition coefficient (Wildman–Crippen LogP) is 5.75. The number of nitrogens with two attached hydrogens (primary N) is 1. The molecular weight excluding hydrogens is 430 g/mol. The number of thiophene rings is 1. The van der Waals surface area contributed by atoms with Gasteiger partial charge in [-0.05, 0) is 49.3 Å². The largest absolute Gasteiger partial charge is 0.365 e. The predicted molar refractivity (Wildman–Crippen MR) is 134 cm³/mol. The van der Waals surface area contributed by atoms with Gasteiger partial charge in [0.15, 0.2) is 0 Å². The van der Waals surface area contributed by atoms with Gasteiger partial charge in [0.05, 0.1) is 22.3 Å². The van der Waals surface area contributed by atoms with Gasteiger partial charge in [0.25, 0.3) is 11.8 Å². The Morgan fingerprint density at radius 2 is 1.91 bits per heavy atom. The number of carbonyl (C=O) groups excluding carboxylic acids is 2. The van der Waals surface area contributed by atoms with E-state index in [9.17, 15) is 9.59 Å². The highest BCUT2D eigenvalue weighted by molar-refractivity contribution is 7.17. The number of hydrogen-bond acceptors (Lipinski definition) is 4. The van der Waals surface area contributed by atoms with Crippen LogP contribution < -0.4 is 11.1 Å². The summed E-state index contributed by atoms with van der Waals surface area (Å²) in [5, 5.41) is 4.35. The Morgan fingerprint density at radius 1 is 1.12 bits per heavy atom. The molecule has 2 aromatic carbocycles. The standard InChI is InChI=1S/C27H25N3O2S/c1-15-11-12-19-22(13-15)33-27(23(19)25(28)31)30-26(32)20-14-21(17-8-4-3-5-9-17)29-24-16(2)7-6-10-18(20)24/h3-10,14-15H,11-13H2,1-2H3,(H2,28,31)(H,30,32)/t15-/m1/s1. The molecule has 5 nitrogen and oxygen atoms in total. The topological polar surface area (TPSA) is 85.1 Å². The van der Waals surface area contributed by atoms with Crippen LogP contribution in [0.3, 0.4) is 0 Å². The van der Waals surface area contributed by atoms with E-state index in [1.165, 1.54) is 11.3 Å². The maximum absolute atomic E-state index is 13.6. The summed E-state index contributed by atoms with van der Waals surface area (Å²) in [5.74, 6) is -0.196. The van der Waals surface area contributed by atoms with Gasteiger partial charge in [-0.3, -0.25) is 9.59 Å². The first-order valence-corrected chi connectivity index (χ1v) is 12.0. The van der Waals surface area contributed by atoms with Crippen molar-refractivity contribution < 1.29 is 9.59 Å². The van der Waals surface area contributed by atoms with Crippen LogP contribution >= 0.6 is 11.3 Å². The molecule has 1 atom stereocenters. The van der Waals surface area contributed by atoms with E-state index in [2.05, 4.69) is 12.2 Å². The first kappa shape index (κ1) is 21.3. The maximum atomic E-state index is 13.6. The van der Waals surface area contributed by atoms with E-state index in [-0.39, 0.29) is 5.91 Å². The Kier molecular flexibility index (Phi) is 5.46. The summed E-state index contributed by atoms with van der Waals surface area (Å²) >= 11 is 1.48. The maximum Gasteiger partial charge on any atom is 0.257 e. The van der Waals surface area contributed by atoms with Gasteiger partial charge in [-0.2, -0.15) is 0 Å². The van der Waals surface area contributed by atoms with Gasteiger partial charge in [-0.1, -0.05) is 55.5 Å². The van der Waals surface area contributed by atoms with Crippen molar-refractivity contribution in [1.82, 2.24) is 4.98 Å². The van der Waals surface area contributed by atoms with Gasteiger partial charge in [0.1, 0.15) is 5.00 Å². The number of aryl methyl sites for hydroxylation is 1. The number of rotatable bonds is 4. The second-order valence-corrected chi connectivity index (χ2v) is 9.87. The third kappa shape index (κ3) is 3.91. The molecule has 0 saturated heterocycles. The van der Waals surface area contributed by atoms with E-state index in [1.807, 2.05) is 61.5 Å². The Morgan fingerprint density at radius 3 is 2.67 bits per heavy atom. The quantitative estimate of drug-likeness (QED) is 0.411. The van der Waals surface area contributed by atoms with Gasteiger partial charge in [-0.15, -0.1) is 11.3 Å². The fraction of sp³-hybridized carbons (Fsp3) is 0.222. The highest BCUT2D eigenvalue weighted by atomic mass is 32.1. The summed E-state index contributed by atoms with van der Waals surface area (Å²) in [6, 6.07) is 17.5. The third-order valence-corrected chi connectivity index (χ3v) is 7.51. The molecule has 2 heterocycles. The van der Waals surface area contributed by atoms with Crippen molar-refractivity contribution in [1.29, 1.82) is 0 Å². The lowest BCUT2D eigenvalue weighted by atomic mass is 9.88. The SMILES string of the molecule is Cc1cccc2c(C(=O)Nc3sc4c(c3C(N)=O)CC[C@@H](C)C4)cc(-c3ccccc3)nc12. The van der Waals surface area contributed by atoms with Crippen LogP contribution in [0.15, 0.2) is 54.6 Å². The lowest BCUT2D eigenvalue weighted by Gasteiger charge is -2.18. The summed E-state index contributed by atoms with van der Waals surface area (Å²) in [5.41, 5.74) is 11.2. The zero-order valence-corrected chi connectivity index (χ0v) is 19.5. The van der Waals surface area contributed by atoms with Gasteiger partial charge in [0.2, 0.25) is 0 Å². The van der Waals surface area contributed by atoms with Crippen LogP contribution in [0.2, 0.25) is 0 Å². The van der Waals surface area contributed by atoms with E-state index >= 15 is 0 Å². The monoisotopic (exact) mass is 455 g/mol. The van der Waals surface area contributed by atoms with Crippen molar-refractivity contribution in [3.05, 3.63) is 81.7 Å². The van der Waals surface area contributed by atoms with Crippen LogP contribution in [-0.2, 0) is 12.8 Å². The van der Waals surface area contributed by atoms with Crippen LogP contribution in [0.4, 0.5) is 5.00 Å². The van der Waals surface area contributed by atoms with Gasteiger partial charge in [0, 0.05) is 15.8 Å². The lowest BCUT2D eigenvalue weighted by molar-refractivity contribution is 0.1000. The number of hydrogen-bond donors (Lipinski definition) is 2. The first-order valence-electron chi connectivity index (χ1n) is 11.1. The molecule has 2 aromatic heterocycles. The summed E-state index contributed by atoms with van der Waals surface area (Å²) in [6.45, 7) is 4.20. The Hall–Kier alpha value is -3.51. The molecule has 1 aliphatic rings. The lowest BCUT2D eigenvalue weighted by Crippen LogP contribution is -2.19. The van der Waals surface area contributed by atoms with Crippen LogP contribution in [0.5, 0.6) is 0 Å². The third-order valence-electron chi connectivity index (χ3n) is 6.34. The van der Waals surface area contributed by atoms with Crippen molar-refractivity contribution in [3.8, 4) is 11.3 Å². The molecule has 0 radical (unpaired) electrons.